The Morgan fingerprint density at radius 3 is 2.63 bits per heavy atom. The summed E-state index contributed by atoms with van der Waals surface area (Å²) in [6.45, 7) is 3.43. The van der Waals surface area contributed by atoms with E-state index in [1.807, 2.05) is 41.5 Å². The lowest BCUT2D eigenvalue weighted by Crippen LogP contribution is -2.48. The van der Waals surface area contributed by atoms with Crippen molar-refractivity contribution in [2.24, 2.45) is 0 Å². The zero-order chi connectivity index (χ0) is 13.4. The molecule has 3 nitrogen and oxygen atoms in total. The van der Waals surface area contributed by atoms with Crippen molar-refractivity contribution in [3.05, 3.63) is 50.9 Å². The molecule has 0 saturated carbocycles. The molecule has 3 rings (SSSR count). The summed E-state index contributed by atoms with van der Waals surface area (Å²) in [4.78, 5) is 18.2. The Hall–Kier alpha value is -1.39. The summed E-state index contributed by atoms with van der Waals surface area (Å²) in [6, 6.07) is 7.85. The van der Waals surface area contributed by atoms with Crippen LogP contribution < -0.4 is 0 Å². The number of thiazole rings is 1. The number of aromatic nitrogens is 1. The number of carbonyl (C=O) groups is 1. The molecular weight excluding hydrogens is 280 g/mol. The average Bonchev–Trinajstić information content (AvgIpc) is 2.76. The summed E-state index contributed by atoms with van der Waals surface area (Å²) in [7, 11) is 0. The van der Waals surface area contributed by atoms with Crippen LogP contribution in [0.4, 0.5) is 0 Å². The lowest BCUT2D eigenvalue weighted by Gasteiger charge is -2.39. The van der Waals surface area contributed by atoms with E-state index in [1.165, 1.54) is 16.9 Å². The zero-order valence-corrected chi connectivity index (χ0v) is 12.0. The van der Waals surface area contributed by atoms with E-state index < -0.39 is 0 Å². The number of aryl methyl sites for hydroxylation is 1. The second kappa shape index (κ2) is 4.94. The third-order valence-corrected chi connectivity index (χ3v) is 4.51. The second-order valence-corrected chi connectivity index (χ2v) is 6.05. The highest BCUT2D eigenvalue weighted by Gasteiger charge is 2.33. The Morgan fingerprint density at radius 1 is 1.37 bits per heavy atom. The standard InChI is InChI=1S/C14H13ClN2OS/c1-9-8-19-13(16-9)14(18)17-6-11(7-17)10-2-4-12(15)5-3-10/h2-5,8,11H,6-7H2,1H3. The van der Waals surface area contributed by atoms with Crippen LogP contribution in [-0.2, 0) is 0 Å². The SMILES string of the molecule is Cc1csc(C(=O)N2CC(c3ccc(Cl)cc3)C2)n1. The van der Waals surface area contributed by atoms with Crippen molar-refractivity contribution in [3.63, 3.8) is 0 Å². The predicted octanol–water partition coefficient (Wildman–Crippen LogP) is 3.34. The summed E-state index contributed by atoms with van der Waals surface area (Å²) in [5, 5.41) is 3.24. The van der Waals surface area contributed by atoms with Crippen molar-refractivity contribution >= 4 is 28.8 Å². The van der Waals surface area contributed by atoms with Gasteiger partial charge in [0.05, 0.1) is 0 Å². The third-order valence-electron chi connectivity index (χ3n) is 3.31. The lowest BCUT2D eigenvalue weighted by molar-refractivity contribution is 0.0602. The van der Waals surface area contributed by atoms with Crippen molar-refractivity contribution in [1.29, 1.82) is 0 Å². The highest BCUT2D eigenvalue weighted by Crippen LogP contribution is 2.29. The van der Waals surface area contributed by atoms with Gasteiger partial charge in [-0.05, 0) is 24.6 Å². The van der Waals surface area contributed by atoms with E-state index in [1.54, 1.807) is 0 Å². The number of benzene rings is 1. The maximum atomic E-state index is 12.1. The lowest BCUT2D eigenvalue weighted by atomic mass is 9.91. The monoisotopic (exact) mass is 292 g/mol. The van der Waals surface area contributed by atoms with Crippen LogP contribution in [0.1, 0.15) is 27.0 Å². The zero-order valence-electron chi connectivity index (χ0n) is 10.5. The van der Waals surface area contributed by atoms with Crippen LogP contribution in [0.25, 0.3) is 0 Å². The third kappa shape index (κ3) is 2.51. The van der Waals surface area contributed by atoms with Crippen LogP contribution in [0, 0.1) is 6.92 Å². The first-order valence-electron chi connectivity index (χ1n) is 6.10. The van der Waals surface area contributed by atoms with Crippen LogP contribution in [0.3, 0.4) is 0 Å². The quantitative estimate of drug-likeness (QED) is 0.850. The van der Waals surface area contributed by atoms with Gasteiger partial charge in [0.2, 0.25) is 0 Å². The van der Waals surface area contributed by atoms with Gasteiger partial charge in [-0.3, -0.25) is 4.79 Å². The van der Waals surface area contributed by atoms with E-state index in [-0.39, 0.29) is 5.91 Å². The summed E-state index contributed by atoms with van der Waals surface area (Å²) in [5.74, 6) is 0.464. The van der Waals surface area contributed by atoms with E-state index >= 15 is 0 Å². The number of carbonyl (C=O) groups excluding carboxylic acids is 1. The Balaban J connectivity index is 1.63. The Labute approximate surface area is 120 Å². The van der Waals surface area contributed by atoms with Crippen molar-refractivity contribution in [1.82, 2.24) is 9.88 Å². The van der Waals surface area contributed by atoms with Crippen molar-refractivity contribution in [2.75, 3.05) is 13.1 Å². The second-order valence-electron chi connectivity index (χ2n) is 4.75. The fraction of sp³-hybridized carbons (Fsp3) is 0.286. The van der Waals surface area contributed by atoms with E-state index in [0.717, 1.165) is 23.8 Å². The molecule has 1 aliphatic heterocycles. The molecule has 1 aromatic carbocycles. The molecule has 1 aromatic heterocycles. The van der Waals surface area contributed by atoms with Gasteiger partial charge in [-0.25, -0.2) is 4.98 Å². The molecule has 2 aromatic rings. The molecule has 0 unspecified atom stereocenters. The molecule has 1 aliphatic rings. The minimum absolute atomic E-state index is 0.0447. The van der Waals surface area contributed by atoms with Crippen LogP contribution in [-0.4, -0.2) is 28.9 Å². The van der Waals surface area contributed by atoms with Gasteiger partial charge in [0.25, 0.3) is 5.91 Å². The molecule has 0 atom stereocenters. The highest BCUT2D eigenvalue weighted by atomic mass is 35.5. The molecule has 0 bridgehead atoms. The smallest absolute Gasteiger partial charge is 0.282 e. The van der Waals surface area contributed by atoms with Crippen LogP contribution >= 0.6 is 22.9 Å². The van der Waals surface area contributed by atoms with Gasteiger partial charge in [0, 0.05) is 35.1 Å². The molecule has 0 spiro atoms. The molecule has 19 heavy (non-hydrogen) atoms. The van der Waals surface area contributed by atoms with Crippen LogP contribution in [0.2, 0.25) is 5.02 Å². The molecule has 1 saturated heterocycles. The van der Waals surface area contributed by atoms with Crippen molar-refractivity contribution in [2.45, 2.75) is 12.8 Å². The normalized spacial score (nSPS) is 15.4. The van der Waals surface area contributed by atoms with Crippen molar-refractivity contribution < 1.29 is 4.79 Å². The number of amides is 1. The molecule has 2 heterocycles. The van der Waals surface area contributed by atoms with Gasteiger partial charge in [0.1, 0.15) is 0 Å². The van der Waals surface area contributed by atoms with E-state index in [4.69, 9.17) is 11.6 Å². The van der Waals surface area contributed by atoms with Crippen molar-refractivity contribution in [3.8, 4) is 0 Å². The molecular formula is C14H13ClN2OS. The van der Waals surface area contributed by atoms with Gasteiger partial charge >= 0.3 is 0 Å². The molecule has 0 N–H and O–H groups in total. The van der Waals surface area contributed by atoms with Gasteiger partial charge in [-0.2, -0.15) is 0 Å². The van der Waals surface area contributed by atoms with Gasteiger partial charge in [-0.1, -0.05) is 23.7 Å². The maximum absolute atomic E-state index is 12.1. The van der Waals surface area contributed by atoms with E-state index in [0.29, 0.717) is 10.9 Å². The Morgan fingerprint density at radius 2 is 2.05 bits per heavy atom. The molecule has 0 aliphatic carbocycles. The number of nitrogens with zero attached hydrogens (tertiary/aromatic N) is 2. The fourth-order valence-electron chi connectivity index (χ4n) is 2.18. The molecule has 1 amide bonds. The Bertz CT molecular complexity index is 602. The van der Waals surface area contributed by atoms with Crippen LogP contribution in [0.5, 0.6) is 0 Å². The number of halogens is 1. The Kier molecular flexibility index (Phi) is 3.29. The number of hydrogen-bond donors (Lipinski definition) is 0. The van der Waals surface area contributed by atoms with Crippen LogP contribution in [0.15, 0.2) is 29.6 Å². The highest BCUT2D eigenvalue weighted by molar-refractivity contribution is 7.11. The molecule has 1 fully saturated rings. The largest absolute Gasteiger partial charge is 0.335 e. The summed E-state index contributed by atoms with van der Waals surface area (Å²) < 4.78 is 0. The van der Waals surface area contributed by atoms with Gasteiger partial charge in [-0.15, -0.1) is 11.3 Å². The predicted molar refractivity (Wildman–Crippen MR) is 76.9 cm³/mol. The number of rotatable bonds is 2. The minimum Gasteiger partial charge on any atom is -0.335 e. The molecule has 5 heteroatoms. The molecule has 98 valence electrons. The first-order valence-corrected chi connectivity index (χ1v) is 7.36. The summed E-state index contributed by atoms with van der Waals surface area (Å²) in [6.07, 6.45) is 0. The summed E-state index contributed by atoms with van der Waals surface area (Å²) >= 11 is 7.28. The van der Waals surface area contributed by atoms with E-state index in [2.05, 4.69) is 4.98 Å². The van der Waals surface area contributed by atoms with Gasteiger partial charge < -0.3 is 4.90 Å². The first kappa shape index (κ1) is 12.6. The molecule has 0 radical (unpaired) electrons. The maximum Gasteiger partial charge on any atom is 0.282 e. The number of likely N-dealkylation sites (tertiary alicyclic amines) is 1. The first-order chi connectivity index (χ1) is 9.13. The topological polar surface area (TPSA) is 33.2 Å². The van der Waals surface area contributed by atoms with Gasteiger partial charge in [0.15, 0.2) is 5.01 Å². The summed E-state index contributed by atoms with van der Waals surface area (Å²) in [5.41, 5.74) is 2.15. The van der Waals surface area contributed by atoms with E-state index in [9.17, 15) is 4.79 Å². The number of hydrogen-bond acceptors (Lipinski definition) is 3. The minimum atomic E-state index is 0.0447. The fourth-order valence-corrected chi connectivity index (χ4v) is 3.07. The average molecular weight is 293 g/mol.